The number of aryl methyl sites for hydroxylation is 1. The Labute approximate surface area is 166 Å². The minimum absolute atomic E-state index is 0.161. The van der Waals surface area contributed by atoms with Crippen LogP contribution in [0.25, 0.3) is 0 Å². The zero-order valence-corrected chi connectivity index (χ0v) is 18.4. The minimum atomic E-state index is 0.161. The molecule has 1 aromatic rings. The third kappa shape index (κ3) is 9.81. The number of carbonyl (C=O) groups is 1. The maximum Gasteiger partial charge on any atom is 0.275 e. The molecular formula is C23H41N2O2+. The number of hydrogen-bond donors (Lipinski definition) is 1. The van der Waals surface area contributed by atoms with E-state index < -0.39 is 0 Å². The Morgan fingerprint density at radius 3 is 2.56 bits per heavy atom. The normalized spacial score (nSPS) is 11.7. The van der Waals surface area contributed by atoms with Crippen LogP contribution in [-0.4, -0.2) is 50.7 Å². The fourth-order valence-electron chi connectivity index (χ4n) is 3.08. The second-order valence-electron chi connectivity index (χ2n) is 8.61. The second kappa shape index (κ2) is 12.0. The van der Waals surface area contributed by atoms with E-state index in [2.05, 4.69) is 65.3 Å². The van der Waals surface area contributed by atoms with Crippen LogP contribution in [0.1, 0.15) is 69.9 Å². The van der Waals surface area contributed by atoms with Crippen molar-refractivity contribution in [3.8, 4) is 5.75 Å². The van der Waals surface area contributed by atoms with Gasteiger partial charge in [-0.25, -0.2) is 0 Å². The summed E-state index contributed by atoms with van der Waals surface area (Å²) in [5, 5.41) is 3.04. The summed E-state index contributed by atoms with van der Waals surface area (Å²) < 4.78 is 6.74. The Bertz CT molecular complexity index is 567. The first-order valence-electron chi connectivity index (χ1n) is 10.6. The molecule has 0 aliphatic rings. The molecule has 0 radical (unpaired) electrons. The molecule has 1 N–H and O–H groups in total. The number of nitrogens with zero attached hydrogens (tertiary/aromatic N) is 1. The van der Waals surface area contributed by atoms with Crippen molar-refractivity contribution >= 4 is 5.91 Å². The lowest BCUT2D eigenvalue weighted by Gasteiger charge is -2.29. The van der Waals surface area contributed by atoms with Crippen LogP contribution in [0, 0.1) is 6.92 Å². The Hall–Kier alpha value is -1.55. The van der Waals surface area contributed by atoms with Crippen molar-refractivity contribution in [2.45, 2.75) is 65.7 Å². The summed E-state index contributed by atoms with van der Waals surface area (Å²) in [4.78, 5) is 12.1. The molecule has 4 heteroatoms. The molecule has 0 bridgehead atoms. The summed E-state index contributed by atoms with van der Waals surface area (Å²) in [5.74, 6) is 1.68. The average Bonchev–Trinajstić information content (AvgIpc) is 2.59. The van der Waals surface area contributed by atoms with Crippen LogP contribution in [0.2, 0.25) is 0 Å². The Kier molecular flexibility index (Phi) is 10.5. The third-order valence-corrected chi connectivity index (χ3v) is 4.97. The van der Waals surface area contributed by atoms with Crippen molar-refractivity contribution in [3.63, 3.8) is 0 Å². The quantitative estimate of drug-likeness (QED) is 0.401. The van der Waals surface area contributed by atoms with Gasteiger partial charge in [0.25, 0.3) is 5.91 Å². The van der Waals surface area contributed by atoms with Crippen LogP contribution >= 0.6 is 0 Å². The Morgan fingerprint density at radius 2 is 1.89 bits per heavy atom. The predicted molar refractivity (Wildman–Crippen MR) is 114 cm³/mol. The van der Waals surface area contributed by atoms with Gasteiger partial charge < -0.3 is 14.5 Å². The SMILES string of the molecule is CCCCCNC(=O)C[N+](C)(C)CCCCOc1cc(C(C)C)ccc1C. The maximum absolute atomic E-state index is 12.1. The van der Waals surface area contributed by atoms with Gasteiger partial charge in [0.1, 0.15) is 5.75 Å². The summed E-state index contributed by atoms with van der Waals surface area (Å²) in [6.45, 7) is 11.7. The average molecular weight is 378 g/mol. The molecule has 0 unspecified atom stereocenters. The maximum atomic E-state index is 12.1. The van der Waals surface area contributed by atoms with E-state index in [9.17, 15) is 4.79 Å². The number of benzene rings is 1. The highest BCUT2D eigenvalue weighted by molar-refractivity contribution is 5.76. The van der Waals surface area contributed by atoms with E-state index in [0.717, 1.165) is 49.2 Å². The fourth-order valence-corrected chi connectivity index (χ4v) is 3.08. The molecule has 0 aromatic heterocycles. The van der Waals surface area contributed by atoms with Crippen molar-refractivity contribution in [2.75, 3.05) is 40.3 Å². The van der Waals surface area contributed by atoms with E-state index in [0.29, 0.717) is 12.5 Å². The van der Waals surface area contributed by atoms with Gasteiger partial charge in [-0.3, -0.25) is 4.79 Å². The molecule has 27 heavy (non-hydrogen) atoms. The van der Waals surface area contributed by atoms with E-state index >= 15 is 0 Å². The van der Waals surface area contributed by atoms with Crippen LogP contribution in [0.5, 0.6) is 5.75 Å². The van der Waals surface area contributed by atoms with E-state index in [-0.39, 0.29) is 5.91 Å². The van der Waals surface area contributed by atoms with Crippen LogP contribution < -0.4 is 10.1 Å². The third-order valence-electron chi connectivity index (χ3n) is 4.97. The van der Waals surface area contributed by atoms with Gasteiger partial charge in [-0.2, -0.15) is 0 Å². The van der Waals surface area contributed by atoms with Gasteiger partial charge in [-0.15, -0.1) is 0 Å². The summed E-state index contributed by atoms with van der Waals surface area (Å²) in [7, 11) is 4.26. The standard InChI is InChI=1S/C23H40N2O2/c1-7-8-9-14-24-23(26)18-25(5,6)15-10-11-16-27-22-17-21(19(2)3)13-12-20(22)4/h12-13,17,19H,7-11,14-16,18H2,1-6H3/p+1. The number of ether oxygens (including phenoxy) is 1. The zero-order valence-electron chi connectivity index (χ0n) is 18.4. The van der Waals surface area contributed by atoms with Crippen molar-refractivity contribution in [1.82, 2.24) is 5.32 Å². The largest absolute Gasteiger partial charge is 0.493 e. The Morgan fingerprint density at radius 1 is 1.15 bits per heavy atom. The topological polar surface area (TPSA) is 38.3 Å². The molecule has 154 valence electrons. The molecule has 1 amide bonds. The molecule has 0 saturated heterocycles. The molecule has 0 fully saturated rings. The summed E-state index contributed by atoms with van der Waals surface area (Å²) in [5.41, 5.74) is 2.51. The first-order chi connectivity index (χ1) is 12.7. The lowest BCUT2D eigenvalue weighted by atomic mass is 10.0. The van der Waals surface area contributed by atoms with Gasteiger partial charge in [0.05, 0.1) is 27.2 Å². The van der Waals surface area contributed by atoms with Crippen LogP contribution in [0.3, 0.4) is 0 Å². The van der Waals surface area contributed by atoms with Crippen molar-refractivity contribution < 1.29 is 14.0 Å². The van der Waals surface area contributed by atoms with E-state index in [1.807, 2.05) is 0 Å². The molecule has 1 aromatic carbocycles. The summed E-state index contributed by atoms with van der Waals surface area (Å²) >= 11 is 0. The summed E-state index contributed by atoms with van der Waals surface area (Å²) in [6.07, 6.45) is 5.49. The molecule has 4 nitrogen and oxygen atoms in total. The highest BCUT2D eigenvalue weighted by Crippen LogP contribution is 2.24. The molecule has 0 aliphatic heterocycles. The predicted octanol–water partition coefficient (Wildman–Crippen LogP) is 4.66. The van der Waals surface area contributed by atoms with Gasteiger partial charge >= 0.3 is 0 Å². The minimum Gasteiger partial charge on any atom is -0.493 e. The number of amides is 1. The number of rotatable bonds is 13. The smallest absolute Gasteiger partial charge is 0.275 e. The van der Waals surface area contributed by atoms with Crippen molar-refractivity contribution in [1.29, 1.82) is 0 Å². The van der Waals surface area contributed by atoms with Crippen LogP contribution in [0.15, 0.2) is 18.2 Å². The number of unbranched alkanes of at least 4 members (excludes halogenated alkanes) is 3. The monoisotopic (exact) mass is 377 g/mol. The zero-order chi connectivity index (χ0) is 20.3. The first kappa shape index (κ1) is 23.5. The molecular weight excluding hydrogens is 336 g/mol. The van der Waals surface area contributed by atoms with Crippen molar-refractivity contribution in [3.05, 3.63) is 29.3 Å². The van der Waals surface area contributed by atoms with Crippen LogP contribution in [-0.2, 0) is 4.79 Å². The highest BCUT2D eigenvalue weighted by atomic mass is 16.5. The highest BCUT2D eigenvalue weighted by Gasteiger charge is 2.19. The molecule has 0 spiro atoms. The lowest BCUT2D eigenvalue weighted by Crippen LogP contribution is -2.48. The molecule has 0 atom stereocenters. The van der Waals surface area contributed by atoms with Gasteiger partial charge in [0.2, 0.25) is 0 Å². The number of likely N-dealkylation sites (N-methyl/N-ethyl adjacent to an activating group) is 1. The number of carbonyl (C=O) groups excluding carboxylic acids is 1. The van der Waals surface area contributed by atoms with Gasteiger partial charge in [-0.05, 0) is 49.3 Å². The van der Waals surface area contributed by atoms with Gasteiger partial charge in [0.15, 0.2) is 6.54 Å². The van der Waals surface area contributed by atoms with Gasteiger partial charge in [0, 0.05) is 6.54 Å². The molecule has 0 heterocycles. The second-order valence-corrected chi connectivity index (χ2v) is 8.61. The fraction of sp³-hybridized carbons (Fsp3) is 0.696. The number of nitrogens with one attached hydrogen (secondary N) is 1. The molecule has 1 rings (SSSR count). The van der Waals surface area contributed by atoms with E-state index in [4.69, 9.17) is 4.74 Å². The van der Waals surface area contributed by atoms with Crippen molar-refractivity contribution in [2.24, 2.45) is 0 Å². The lowest BCUT2D eigenvalue weighted by molar-refractivity contribution is -0.882. The summed E-state index contributed by atoms with van der Waals surface area (Å²) in [6, 6.07) is 6.49. The Balaban J connectivity index is 2.28. The molecule has 0 saturated carbocycles. The van der Waals surface area contributed by atoms with E-state index in [1.165, 1.54) is 24.0 Å². The number of quaternary nitrogens is 1. The molecule has 0 aliphatic carbocycles. The van der Waals surface area contributed by atoms with E-state index in [1.54, 1.807) is 0 Å². The number of hydrogen-bond acceptors (Lipinski definition) is 2. The first-order valence-corrected chi connectivity index (χ1v) is 10.6. The van der Waals surface area contributed by atoms with Crippen LogP contribution in [0.4, 0.5) is 0 Å². The van der Waals surface area contributed by atoms with Gasteiger partial charge in [-0.1, -0.05) is 45.7 Å².